The second kappa shape index (κ2) is 4.66. The summed E-state index contributed by atoms with van der Waals surface area (Å²) in [6.07, 6.45) is 9.02. The summed E-state index contributed by atoms with van der Waals surface area (Å²) < 4.78 is 0.553. The van der Waals surface area contributed by atoms with Crippen molar-refractivity contribution in [3.8, 4) is 0 Å². The molecule has 0 heterocycles. The van der Waals surface area contributed by atoms with Crippen LogP contribution in [0.25, 0.3) is 0 Å². The summed E-state index contributed by atoms with van der Waals surface area (Å²) in [5.41, 5.74) is 3.10. The van der Waals surface area contributed by atoms with E-state index in [0.717, 1.165) is 0 Å². The molecule has 0 aromatic heterocycles. The van der Waals surface area contributed by atoms with Crippen LogP contribution in [-0.2, 0) is 6.42 Å². The van der Waals surface area contributed by atoms with E-state index in [0.29, 0.717) is 10.8 Å². The van der Waals surface area contributed by atoms with Crippen LogP contribution in [0.4, 0.5) is 0 Å². The van der Waals surface area contributed by atoms with Crippen molar-refractivity contribution < 1.29 is 0 Å². The first kappa shape index (κ1) is 11.6. The Hall–Kier alpha value is -0.470. The van der Waals surface area contributed by atoms with Gasteiger partial charge >= 0.3 is 0 Å². The van der Waals surface area contributed by atoms with Crippen LogP contribution in [-0.4, -0.2) is 17.5 Å². The van der Waals surface area contributed by atoms with Gasteiger partial charge in [0.15, 0.2) is 0 Å². The maximum atomic E-state index is 3.81. The van der Waals surface area contributed by atoms with E-state index < -0.39 is 0 Å². The average molecular weight is 247 g/mol. The van der Waals surface area contributed by atoms with E-state index in [4.69, 9.17) is 0 Å². The largest absolute Gasteiger partial charge is 0.309 e. The molecular weight excluding hydrogens is 226 g/mol. The smallest absolute Gasteiger partial charge is 0.0326 e. The van der Waals surface area contributed by atoms with Crippen molar-refractivity contribution in [2.75, 3.05) is 12.8 Å². The quantitative estimate of drug-likeness (QED) is 0.873. The van der Waals surface area contributed by atoms with Crippen LogP contribution in [0.2, 0.25) is 0 Å². The molecule has 1 N–H and O–H groups in total. The van der Waals surface area contributed by atoms with Gasteiger partial charge in [0.05, 0.1) is 0 Å². The molecule has 2 aliphatic rings. The summed E-state index contributed by atoms with van der Waals surface area (Å²) in [6, 6.07) is 9.52. The number of nitrogens with one attached hydrogen (secondary N) is 1. The van der Waals surface area contributed by atoms with Gasteiger partial charge in [0.25, 0.3) is 0 Å². The van der Waals surface area contributed by atoms with Gasteiger partial charge in [-0.15, -0.1) is 0 Å². The molecule has 0 amide bonds. The van der Waals surface area contributed by atoms with E-state index in [1.54, 1.807) is 11.1 Å². The molecule has 1 aromatic carbocycles. The molecule has 3 rings (SSSR count). The first-order valence-corrected chi connectivity index (χ1v) is 7.92. The third-order valence-corrected chi connectivity index (χ3v) is 5.92. The highest BCUT2D eigenvalue weighted by Gasteiger charge is 2.36. The number of hydrogen-bond acceptors (Lipinski definition) is 2. The van der Waals surface area contributed by atoms with Crippen LogP contribution in [0, 0.1) is 0 Å². The number of aryl methyl sites for hydroxylation is 1. The Kier molecular flexibility index (Phi) is 3.18. The number of benzene rings is 1. The van der Waals surface area contributed by atoms with Gasteiger partial charge < -0.3 is 5.32 Å². The summed E-state index contributed by atoms with van der Waals surface area (Å²) in [7, 11) is 0. The van der Waals surface area contributed by atoms with Gasteiger partial charge in [-0.2, -0.15) is 11.8 Å². The third kappa shape index (κ3) is 2.13. The minimum atomic E-state index is 0.553. The zero-order chi connectivity index (χ0) is 11.7. The normalized spacial score (nSPS) is 25.4. The van der Waals surface area contributed by atoms with E-state index in [1.807, 2.05) is 0 Å². The van der Waals surface area contributed by atoms with Crippen LogP contribution < -0.4 is 5.32 Å². The maximum Gasteiger partial charge on any atom is 0.0326 e. The van der Waals surface area contributed by atoms with Crippen LogP contribution in [0.5, 0.6) is 0 Å². The summed E-state index contributed by atoms with van der Waals surface area (Å²) in [4.78, 5) is 0. The lowest BCUT2D eigenvalue weighted by atomic mass is 9.84. The predicted octanol–water partition coefficient (Wildman–Crippen LogP) is 3.55. The summed E-state index contributed by atoms with van der Waals surface area (Å²) in [5, 5.41) is 3.81. The van der Waals surface area contributed by atoms with Gasteiger partial charge in [0.2, 0.25) is 0 Å². The number of hydrogen-bond donors (Lipinski definition) is 1. The molecule has 1 saturated carbocycles. The highest BCUT2D eigenvalue weighted by molar-refractivity contribution is 8.00. The number of rotatable bonds is 4. The molecule has 92 valence electrons. The molecule has 0 bridgehead atoms. The van der Waals surface area contributed by atoms with Crippen molar-refractivity contribution in [2.24, 2.45) is 0 Å². The molecule has 0 spiro atoms. The van der Waals surface area contributed by atoms with Crippen molar-refractivity contribution in [2.45, 2.75) is 42.9 Å². The topological polar surface area (TPSA) is 12.0 Å². The summed E-state index contributed by atoms with van der Waals surface area (Å²) in [5.74, 6) is 0. The second-order valence-electron chi connectivity index (χ2n) is 5.41. The predicted molar refractivity (Wildman–Crippen MR) is 75.6 cm³/mol. The molecule has 0 radical (unpaired) electrons. The van der Waals surface area contributed by atoms with Gasteiger partial charge in [-0.25, -0.2) is 0 Å². The van der Waals surface area contributed by atoms with E-state index >= 15 is 0 Å². The minimum Gasteiger partial charge on any atom is -0.309 e. The van der Waals surface area contributed by atoms with E-state index in [1.165, 1.54) is 38.6 Å². The zero-order valence-corrected chi connectivity index (χ0v) is 11.4. The minimum absolute atomic E-state index is 0.553. The lowest BCUT2D eigenvalue weighted by molar-refractivity contribution is 0.330. The number of thioether (sulfide) groups is 1. The molecule has 2 heteroatoms. The first-order chi connectivity index (χ1) is 8.33. The summed E-state index contributed by atoms with van der Waals surface area (Å²) in [6.45, 7) is 1.19. The zero-order valence-electron chi connectivity index (χ0n) is 10.5. The molecule has 0 aliphatic heterocycles. The Labute approximate surface area is 108 Å². The molecule has 1 unspecified atom stereocenters. The SMILES string of the molecule is CSC1(CNC2CCc3ccccc32)CCC1. The van der Waals surface area contributed by atoms with Gasteiger partial charge in [-0.1, -0.05) is 30.7 Å². The Morgan fingerprint density at radius 3 is 2.88 bits per heavy atom. The highest BCUT2D eigenvalue weighted by atomic mass is 32.2. The third-order valence-electron chi connectivity index (χ3n) is 4.50. The summed E-state index contributed by atoms with van der Waals surface area (Å²) >= 11 is 2.06. The van der Waals surface area contributed by atoms with Gasteiger partial charge in [-0.3, -0.25) is 0 Å². The van der Waals surface area contributed by atoms with Crippen LogP contribution in [0.1, 0.15) is 42.9 Å². The lowest BCUT2D eigenvalue weighted by Gasteiger charge is -2.41. The molecule has 1 fully saturated rings. The number of fused-ring (bicyclic) bond motifs is 1. The monoisotopic (exact) mass is 247 g/mol. The van der Waals surface area contributed by atoms with Crippen LogP contribution >= 0.6 is 11.8 Å². The van der Waals surface area contributed by atoms with Gasteiger partial charge in [0, 0.05) is 17.3 Å². The Balaban J connectivity index is 1.64. The van der Waals surface area contributed by atoms with Gasteiger partial charge in [0.1, 0.15) is 0 Å². The van der Waals surface area contributed by atoms with Crippen molar-refractivity contribution in [3.63, 3.8) is 0 Å². The molecule has 17 heavy (non-hydrogen) atoms. The molecule has 1 aromatic rings. The van der Waals surface area contributed by atoms with Crippen molar-refractivity contribution >= 4 is 11.8 Å². The van der Waals surface area contributed by atoms with Crippen LogP contribution in [0.3, 0.4) is 0 Å². The second-order valence-corrected chi connectivity index (χ2v) is 6.69. The standard InChI is InChI=1S/C15H21NS/c1-17-15(9-4-10-15)11-16-14-8-7-12-5-2-3-6-13(12)14/h2-3,5-6,14,16H,4,7-11H2,1H3. The molecular formula is C15H21NS. The molecule has 1 atom stereocenters. The highest BCUT2D eigenvalue weighted by Crippen LogP contribution is 2.43. The fourth-order valence-electron chi connectivity index (χ4n) is 3.10. The van der Waals surface area contributed by atoms with Gasteiger partial charge in [-0.05, 0) is 43.1 Å². The van der Waals surface area contributed by atoms with Crippen molar-refractivity contribution in [1.82, 2.24) is 5.32 Å². The van der Waals surface area contributed by atoms with E-state index in [2.05, 4.69) is 47.6 Å². The molecule has 0 saturated heterocycles. The fourth-order valence-corrected chi connectivity index (χ4v) is 4.03. The maximum absolute atomic E-state index is 3.81. The van der Waals surface area contributed by atoms with Crippen molar-refractivity contribution in [1.29, 1.82) is 0 Å². The first-order valence-electron chi connectivity index (χ1n) is 6.69. The molecule has 1 nitrogen and oxygen atoms in total. The average Bonchev–Trinajstić information content (AvgIpc) is 2.72. The van der Waals surface area contributed by atoms with Crippen LogP contribution in [0.15, 0.2) is 24.3 Å². The molecule has 2 aliphatic carbocycles. The van der Waals surface area contributed by atoms with Crippen molar-refractivity contribution in [3.05, 3.63) is 35.4 Å². The Morgan fingerprint density at radius 1 is 1.35 bits per heavy atom. The van der Waals surface area contributed by atoms with E-state index in [9.17, 15) is 0 Å². The Bertz CT molecular complexity index is 392. The lowest BCUT2D eigenvalue weighted by Crippen LogP contribution is -2.44. The van der Waals surface area contributed by atoms with E-state index in [-0.39, 0.29) is 0 Å². The fraction of sp³-hybridized carbons (Fsp3) is 0.600. The Morgan fingerprint density at radius 2 is 2.18 bits per heavy atom.